The standard InChI is InChI=1S/C29H33F2N5O3/c1-5-8-24-23(31)16-22(26(36-24)33-14-12-19-9-6-11-21(30)15-19)27(37)34-17-20-10-7-13-32-25(20)18-35-28(38)39-29(2,3)4/h5-11,13,15-16H,12,14,17-18H2,1-4H3,(H,33,36)(H,34,37)(H,35,38)/b8-5+. The molecule has 0 radical (unpaired) electrons. The first kappa shape index (κ1) is 29.2. The van der Waals surface area contributed by atoms with Crippen LogP contribution >= 0.6 is 0 Å². The van der Waals surface area contributed by atoms with Gasteiger partial charge in [0, 0.05) is 19.3 Å². The maximum absolute atomic E-state index is 14.7. The van der Waals surface area contributed by atoms with Crippen LogP contribution in [0.2, 0.25) is 0 Å². The molecule has 206 valence electrons. The molecule has 0 spiro atoms. The number of alkyl carbamates (subject to hydrolysis) is 1. The smallest absolute Gasteiger partial charge is 0.407 e. The average molecular weight is 538 g/mol. The van der Waals surface area contributed by atoms with Crippen molar-refractivity contribution in [2.45, 2.75) is 52.8 Å². The van der Waals surface area contributed by atoms with E-state index < -0.39 is 23.4 Å². The van der Waals surface area contributed by atoms with E-state index in [0.717, 1.165) is 11.6 Å². The van der Waals surface area contributed by atoms with Gasteiger partial charge in [-0.3, -0.25) is 9.78 Å². The average Bonchev–Trinajstić information content (AvgIpc) is 2.87. The molecule has 39 heavy (non-hydrogen) atoms. The fraction of sp³-hybridized carbons (Fsp3) is 0.310. The van der Waals surface area contributed by atoms with Gasteiger partial charge in [0.1, 0.15) is 28.7 Å². The second-order valence-electron chi connectivity index (χ2n) is 9.71. The Balaban J connectivity index is 1.72. The van der Waals surface area contributed by atoms with Crippen LogP contribution in [0.25, 0.3) is 6.08 Å². The minimum Gasteiger partial charge on any atom is -0.444 e. The summed E-state index contributed by atoms with van der Waals surface area (Å²) in [4.78, 5) is 33.8. The van der Waals surface area contributed by atoms with Crippen LogP contribution in [0.4, 0.5) is 19.4 Å². The van der Waals surface area contributed by atoms with Crippen LogP contribution in [0.15, 0.2) is 54.7 Å². The van der Waals surface area contributed by atoms with Gasteiger partial charge in [0.15, 0.2) is 0 Å². The lowest BCUT2D eigenvalue weighted by Gasteiger charge is -2.20. The summed E-state index contributed by atoms with van der Waals surface area (Å²) in [6.07, 6.45) is 4.63. The SMILES string of the molecule is C/C=C/c1nc(NCCc2cccc(F)c2)c(C(=O)NCc2cccnc2CNC(=O)OC(C)(C)C)cc1F. The van der Waals surface area contributed by atoms with Gasteiger partial charge in [-0.15, -0.1) is 0 Å². The van der Waals surface area contributed by atoms with Crippen LogP contribution in [0.5, 0.6) is 0 Å². The molecule has 10 heteroatoms. The maximum atomic E-state index is 14.7. The van der Waals surface area contributed by atoms with E-state index in [4.69, 9.17) is 4.74 Å². The summed E-state index contributed by atoms with van der Waals surface area (Å²) in [6.45, 7) is 7.56. The highest BCUT2D eigenvalue weighted by molar-refractivity contribution is 5.99. The number of rotatable bonds is 10. The Morgan fingerprint density at radius 1 is 1.05 bits per heavy atom. The molecule has 0 saturated heterocycles. The van der Waals surface area contributed by atoms with Crippen LogP contribution in [0.1, 0.15) is 60.6 Å². The number of allylic oxidation sites excluding steroid dienone is 1. The summed E-state index contributed by atoms with van der Waals surface area (Å²) in [6, 6.07) is 10.8. The largest absolute Gasteiger partial charge is 0.444 e. The minimum atomic E-state index is -0.641. The zero-order valence-corrected chi connectivity index (χ0v) is 22.5. The van der Waals surface area contributed by atoms with Gasteiger partial charge in [-0.2, -0.15) is 0 Å². The van der Waals surface area contributed by atoms with Gasteiger partial charge in [0.05, 0.1) is 17.8 Å². The summed E-state index contributed by atoms with van der Waals surface area (Å²) >= 11 is 0. The molecule has 2 aromatic heterocycles. The number of carbonyl (C=O) groups is 2. The maximum Gasteiger partial charge on any atom is 0.407 e. The van der Waals surface area contributed by atoms with Gasteiger partial charge in [0.25, 0.3) is 5.91 Å². The quantitative estimate of drug-likeness (QED) is 0.320. The molecule has 8 nitrogen and oxygen atoms in total. The van der Waals surface area contributed by atoms with Crippen molar-refractivity contribution in [3.63, 3.8) is 0 Å². The lowest BCUT2D eigenvalue weighted by molar-refractivity contribution is 0.0522. The summed E-state index contributed by atoms with van der Waals surface area (Å²) in [7, 11) is 0. The third kappa shape index (κ3) is 9.17. The predicted molar refractivity (Wildman–Crippen MR) is 146 cm³/mol. The monoisotopic (exact) mass is 537 g/mol. The molecule has 0 fully saturated rings. The molecule has 0 aliphatic rings. The molecule has 3 aromatic rings. The summed E-state index contributed by atoms with van der Waals surface area (Å²) in [5.74, 6) is -1.32. The number of carbonyl (C=O) groups excluding carboxylic acids is 2. The summed E-state index contributed by atoms with van der Waals surface area (Å²) in [5, 5.41) is 8.51. The molecule has 2 amide bonds. The number of ether oxygens (including phenoxy) is 1. The normalized spacial score (nSPS) is 11.3. The van der Waals surface area contributed by atoms with Crippen LogP contribution in [0, 0.1) is 11.6 Å². The first-order valence-electron chi connectivity index (χ1n) is 12.5. The zero-order valence-electron chi connectivity index (χ0n) is 22.5. The lowest BCUT2D eigenvalue weighted by atomic mass is 10.1. The Hall–Kier alpha value is -4.34. The Bertz CT molecular complexity index is 1340. The summed E-state index contributed by atoms with van der Waals surface area (Å²) in [5.41, 5.74) is 1.46. The second-order valence-corrected chi connectivity index (χ2v) is 9.71. The van der Waals surface area contributed by atoms with Gasteiger partial charge >= 0.3 is 6.09 Å². The molecule has 2 heterocycles. The van der Waals surface area contributed by atoms with Crippen molar-refractivity contribution in [1.29, 1.82) is 0 Å². The third-order valence-corrected chi connectivity index (χ3v) is 5.39. The molecular formula is C29H33F2N5O3. The van der Waals surface area contributed by atoms with E-state index in [0.29, 0.717) is 24.2 Å². The van der Waals surface area contributed by atoms with E-state index >= 15 is 0 Å². The molecule has 3 rings (SSSR count). The van der Waals surface area contributed by atoms with E-state index in [2.05, 4.69) is 25.9 Å². The van der Waals surface area contributed by atoms with Crippen LogP contribution in [-0.4, -0.2) is 34.1 Å². The Labute approximate surface area is 226 Å². The topological polar surface area (TPSA) is 105 Å². The number of benzene rings is 1. The molecule has 0 aliphatic heterocycles. The Morgan fingerprint density at radius 2 is 1.85 bits per heavy atom. The van der Waals surface area contributed by atoms with Gasteiger partial charge in [-0.05, 0) is 75.6 Å². The highest BCUT2D eigenvalue weighted by atomic mass is 19.1. The first-order valence-corrected chi connectivity index (χ1v) is 12.5. The van der Waals surface area contributed by atoms with Crippen molar-refractivity contribution < 1.29 is 23.1 Å². The number of pyridine rings is 2. The number of anilines is 1. The molecule has 1 aromatic carbocycles. The van der Waals surface area contributed by atoms with E-state index in [-0.39, 0.29) is 36.0 Å². The van der Waals surface area contributed by atoms with E-state index in [1.54, 1.807) is 64.2 Å². The van der Waals surface area contributed by atoms with Crippen molar-refractivity contribution in [3.8, 4) is 0 Å². The van der Waals surface area contributed by atoms with Gasteiger partial charge in [-0.25, -0.2) is 18.6 Å². The Morgan fingerprint density at radius 3 is 2.56 bits per heavy atom. The number of halogens is 2. The molecular weight excluding hydrogens is 504 g/mol. The minimum absolute atomic E-state index is 0.0253. The van der Waals surface area contributed by atoms with E-state index in [1.165, 1.54) is 18.2 Å². The van der Waals surface area contributed by atoms with Crippen molar-refractivity contribution in [3.05, 3.63) is 94.5 Å². The fourth-order valence-corrected chi connectivity index (χ4v) is 3.64. The van der Waals surface area contributed by atoms with Crippen molar-refractivity contribution in [2.24, 2.45) is 0 Å². The van der Waals surface area contributed by atoms with E-state index in [9.17, 15) is 18.4 Å². The molecule has 0 atom stereocenters. The van der Waals surface area contributed by atoms with Crippen LogP contribution < -0.4 is 16.0 Å². The van der Waals surface area contributed by atoms with Crippen LogP contribution in [-0.2, 0) is 24.2 Å². The molecule has 0 bridgehead atoms. The van der Waals surface area contributed by atoms with Gasteiger partial charge < -0.3 is 20.7 Å². The number of hydrogen-bond donors (Lipinski definition) is 3. The molecule has 3 N–H and O–H groups in total. The van der Waals surface area contributed by atoms with Crippen molar-refractivity contribution in [1.82, 2.24) is 20.6 Å². The lowest BCUT2D eigenvalue weighted by Crippen LogP contribution is -2.33. The number of nitrogens with zero attached hydrogens (tertiary/aromatic N) is 2. The fourth-order valence-electron chi connectivity index (χ4n) is 3.64. The number of hydrogen-bond acceptors (Lipinski definition) is 6. The first-order chi connectivity index (χ1) is 18.6. The van der Waals surface area contributed by atoms with Crippen molar-refractivity contribution in [2.75, 3.05) is 11.9 Å². The van der Waals surface area contributed by atoms with Gasteiger partial charge in [-0.1, -0.05) is 24.3 Å². The van der Waals surface area contributed by atoms with Crippen LogP contribution in [0.3, 0.4) is 0 Å². The highest BCUT2D eigenvalue weighted by Gasteiger charge is 2.19. The number of nitrogens with one attached hydrogen (secondary N) is 3. The zero-order chi connectivity index (χ0) is 28.4. The third-order valence-electron chi connectivity index (χ3n) is 5.39. The summed E-state index contributed by atoms with van der Waals surface area (Å²) < 4.78 is 33.5. The van der Waals surface area contributed by atoms with Gasteiger partial charge in [0.2, 0.25) is 0 Å². The molecule has 0 unspecified atom stereocenters. The van der Waals surface area contributed by atoms with Crippen molar-refractivity contribution >= 4 is 23.9 Å². The number of amides is 2. The second kappa shape index (κ2) is 13.5. The molecule has 0 aliphatic carbocycles. The Kier molecular flexibility index (Phi) is 10.1. The highest BCUT2D eigenvalue weighted by Crippen LogP contribution is 2.19. The molecule has 0 saturated carbocycles. The van der Waals surface area contributed by atoms with E-state index in [1.807, 2.05) is 0 Å². The number of aromatic nitrogens is 2. The predicted octanol–water partition coefficient (Wildman–Crippen LogP) is 5.40.